The Bertz CT molecular complexity index is 1190. The second-order valence-electron chi connectivity index (χ2n) is 10.6. The molecule has 0 radical (unpaired) electrons. The number of methoxy groups -OCH3 is 3. The highest BCUT2D eigenvalue weighted by Crippen LogP contribution is 2.34. The third kappa shape index (κ3) is 7.69. The van der Waals surface area contributed by atoms with Gasteiger partial charge in [0.2, 0.25) is 17.8 Å². The molecule has 43 heavy (non-hydrogen) atoms. The number of likely N-dealkylation sites (N-methyl/N-ethyl adjacent to an activating group) is 1. The van der Waals surface area contributed by atoms with E-state index in [1.54, 1.807) is 38.2 Å². The summed E-state index contributed by atoms with van der Waals surface area (Å²) in [6.07, 6.45) is 0.696. The number of amides is 1. The van der Waals surface area contributed by atoms with Crippen LogP contribution in [0.5, 0.6) is 0 Å². The van der Waals surface area contributed by atoms with E-state index in [1.807, 2.05) is 4.90 Å². The Balaban J connectivity index is 1.95. The first-order chi connectivity index (χ1) is 20.8. The number of piperidine rings is 1. The SMILES string of the molecule is COCCN(CCOC)c1nc(N2CC(=O)N(C)C(O)C2)c2nc(N(CCO)CCO)nc(N3CCC(OC)CC3)c2n1. The lowest BCUT2D eigenvalue weighted by Gasteiger charge is -2.37. The molecule has 2 saturated heterocycles. The number of rotatable bonds is 15. The summed E-state index contributed by atoms with van der Waals surface area (Å²) in [5.74, 6) is 1.39. The summed E-state index contributed by atoms with van der Waals surface area (Å²) in [5.41, 5.74) is 0.898. The smallest absolute Gasteiger partial charge is 0.243 e. The Morgan fingerprint density at radius 3 is 1.79 bits per heavy atom. The fourth-order valence-electron chi connectivity index (χ4n) is 5.24. The summed E-state index contributed by atoms with van der Waals surface area (Å²) in [6.45, 7) is 3.37. The fraction of sp³-hybridized carbons (Fsp3) is 0.741. The summed E-state index contributed by atoms with van der Waals surface area (Å²) >= 11 is 0. The lowest BCUT2D eigenvalue weighted by atomic mass is 10.1. The molecule has 0 bridgehead atoms. The normalized spacial score (nSPS) is 18.2. The van der Waals surface area contributed by atoms with Crippen LogP contribution in [0.4, 0.5) is 23.5 Å². The Morgan fingerprint density at radius 1 is 0.814 bits per heavy atom. The molecule has 2 aromatic heterocycles. The van der Waals surface area contributed by atoms with Crippen LogP contribution >= 0.6 is 0 Å². The van der Waals surface area contributed by atoms with Crippen molar-refractivity contribution < 1.29 is 34.3 Å². The average molecular weight is 608 g/mol. The molecule has 2 aromatic rings. The molecule has 16 heteroatoms. The maximum atomic E-state index is 12.9. The first kappa shape index (κ1) is 32.8. The molecule has 4 rings (SSSR count). The zero-order valence-corrected chi connectivity index (χ0v) is 25.6. The van der Waals surface area contributed by atoms with Crippen LogP contribution in [0.25, 0.3) is 11.0 Å². The average Bonchev–Trinajstić information content (AvgIpc) is 3.02. The molecule has 2 fully saturated rings. The van der Waals surface area contributed by atoms with Gasteiger partial charge in [-0.25, -0.2) is 9.97 Å². The van der Waals surface area contributed by atoms with Crippen LogP contribution in [0.15, 0.2) is 0 Å². The third-order valence-corrected chi connectivity index (χ3v) is 7.84. The number of hydrogen-bond acceptors (Lipinski definition) is 15. The van der Waals surface area contributed by atoms with Crippen LogP contribution < -0.4 is 19.6 Å². The third-order valence-electron chi connectivity index (χ3n) is 7.84. The van der Waals surface area contributed by atoms with E-state index in [4.69, 9.17) is 34.1 Å². The van der Waals surface area contributed by atoms with Gasteiger partial charge in [-0.05, 0) is 12.8 Å². The maximum Gasteiger partial charge on any atom is 0.243 e. The van der Waals surface area contributed by atoms with E-state index in [2.05, 4.69) is 4.90 Å². The van der Waals surface area contributed by atoms with Crippen LogP contribution in [-0.4, -0.2) is 166 Å². The minimum Gasteiger partial charge on any atom is -0.395 e. The molecule has 0 aliphatic carbocycles. The first-order valence-corrected chi connectivity index (χ1v) is 14.6. The van der Waals surface area contributed by atoms with Crippen LogP contribution in [0.2, 0.25) is 0 Å². The van der Waals surface area contributed by atoms with Gasteiger partial charge in [0.1, 0.15) is 17.3 Å². The lowest BCUT2D eigenvalue weighted by molar-refractivity contribution is -0.139. The number of aliphatic hydroxyl groups is 3. The van der Waals surface area contributed by atoms with E-state index in [0.29, 0.717) is 74.0 Å². The lowest BCUT2D eigenvalue weighted by Crippen LogP contribution is -2.55. The number of β-amino-alcohol motifs (C(OH)–C–C–N with tert-alkyl or cyclic N) is 1. The predicted octanol–water partition coefficient (Wildman–Crippen LogP) is -1.48. The summed E-state index contributed by atoms with van der Waals surface area (Å²) in [6, 6.07) is 0. The summed E-state index contributed by atoms with van der Waals surface area (Å²) < 4.78 is 16.3. The molecule has 3 N–H and O–H groups in total. The van der Waals surface area contributed by atoms with Gasteiger partial charge in [-0.2, -0.15) is 9.97 Å². The molecule has 1 unspecified atom stereocenters. The van der Waals surface area contributed by atoms with E-state index in [9.17, 15) is 20.1 Å². The van der Waals surface area contributed by atoms with Crippen molar-refractivity contribution in [2.75, 3.05) is 127 Å². The van der Waals surface area contributed by atoms with E-state index in [0.717, 1.165) is 12.8 Å². The Hall–Kier alpha value is -3.15. The zero-order chi connectivity index (χ0) is 30.9. The van der Waals surface area contributed by atoms with Gasteiger partial charge in [-0.15, -0.1) is 0 Å². The van der Waals surface area contributed by atoms with Crippen LogP contribution in [-0.2, 0) is 19.0 Å². The first-order valence-electron chi connectivity index (χ1n) is 14.6. The molecule has 2 aliphatic rings. The van der Waals surface area contributed by atoms with Crippen molar-refractivity contribution in [2.45, 2.75) is 25.2 Å². The molecule has 16 nitrogen and oxygen atoms in total. The Morgan fingerprint density at radius 2 is 1.33 bits per heavy atom. The molecule has 0 saturated carbocycles. The van der Waals surface area contributed by atoms with Crippen LogP contribution in [0, 0.1) is 0 Å². The van der Waals surface area contributed by atoms with E-state index >= 15 is 0 Å². The quantitative estimate of drug-likeness (QED) is 0.214. The number of carbonyl (C=O) groups is 1. The second-order valence-corrected chi connectivity index (χ2v) is 10.6. The van der Waals surface area contributed by atoms with Gasteiger partial charge >= 0.3 is 0 Å². The molecule has 4 heterocycles. The highest BCUT2D eigenvalue weighted by atomic mass is 16.5. The summed E-state index contributed by atoms with van der Waals surface area (Å²) in [4.78, 5) is 41.4. The van der Waals surface area contributed by atoms with Crippen molar-refractivity contribution in [2.24, 2.45) is 0 Å². The highest BCUT2D eigenvalue weighted by Gasteiger charge is 2.33. The van der Waals surface area contributed by atoms with Crippen LogP contribution in [0.1, 0.15) is 12.8 Å². The molecule has 1 atom stereocenters. The highest BCUT2D eigenvalue weighted by molar-refractivity contribution is 5.96. The number of aromatic nitrogens is 4. The molecular formula is C27H45N9O7. The van der Waals surface area contributed by atoms with Gasteiger partial charge < -0.3 is 54.0 Å². The molecule has 1 amide bonds. The topological polar surface area (TPSA) is 173 Å². The van der Waals surface area contributed by atoms with Gasteiger partial charge in [0, 0.05) is 67.6 Å². The molecule has 2 aliphatic heterocycles. The van der Waals surface area contributed by atoms with E-state index in [-0.39, 0.29) is 51.4 Å². The number of ether oxygens (including phenoxy) is 3. The van der Waals surface area contributed by atoms with Gasteiger partial charge in [0.15, 0.2) is 11.6 Å². The number of fused-ring (bicyclic) bond motifs is 1. The minimum atomic E-state index is -1.04. The van der Waals surface area contributed by atoms with Crippen molar-refractivity contribution >= 4 is 40.5 Å². The molecule has 0 spiro atoms. The summed E-state index contributed by atoms with van der Waals surface area (Å²) in [7, 11) is 6.53. The fourth-order valence-corrected chi connectivity index (χ4v) is 5.24. The summed E-state index contributed by atoms with van der Waals surface area (Å²) in [5, 5.41) is 30.2. The van der Waals surface area contributed by atoms with Crippen molar-refractivity contribution in [3.63, 3.8) is 0 Å². The standard InChI is InChI=1S/C27H45N9O7/c1-32-20(39)17-36(18-21(32)40)25-23-22(28-27(31-25)35(11-15-41-2)12-16-42-3)24(33-7-5-19(43-4)6-8-33)30-26(29-23)34(9-13-37)10-14-38/h19-20,37-39H,5-18H2,1-4H3. The number of carbonyl (C=O) groups excluding carboxylic acids is 1. The number of piperazine rings is 1. The predicted molar refractivity (Wildman–Crippen MR) is 161 cm³/mol. The largest absolute Gasteiger partial charge is 0.395 e. The monoisotopic (exact) mass is 607 g/mol. The van der Waals surface area contributed by atoms with Gasteiger partial charge in [-0.1, -0.05) is 0 Å². The Kier molecular flexibility index (Phi) is 11.8. The van der Waals surface area contributed by atoms with Crippen molar-refractivity contribution in [3.8, 4) is 0 Å². The molecule has 0 aromatic carbocycles. The number of anilines is 4. The Labute approximate surface area is 251 Å². The van der Waals surface area contributed by atoms with Crippen molar-refractivity contribution in [1.82, 2.24) is 24.8 Å². The second kappa shape index (κ2) is 15.5. The van der Waals surface area contributed by atoms with Crippen LogP contribution in [0.3, 0.4) is 0 Å². The number of hydrogen-bond donors (Lipinski definition) is 3. The van der Waals surface area contributed by atoms with Gasteiger partial charge in [0.05, 0.1) is 45.6 Å². The maximum absolute atomic E-state index is 12.9. The van der Waals surface area contributed by atoms with E-state index < -0.39 is 6.23 Å². The van der Waals surface area contributed by atoms with Gasteiger partial charge in [-0.3, -0.25) is 4.79 Å². The minimum absolute atomic E-state index is 0.0137. The molecule has 240 valence electrons. The molecular weight excluding hydrogens is 562 g/mol. The van der Waals surface area contributed by atoms with Crippen molar-refractivity contribution in [1.29, 1.82) is 0 Å². The van der Waals surface area contributed by atoms with Crippen molar-refractivity contribution in [3.05, 3.63) is 0 Å². The van der Waals surface area contributed by atoms with Gasteiger partial charge in [0.25, 0.3) is 0 Å². The number of aliphatic hydroxyl groups excluding tert-OH is 3. The number of nitrogens with zero attached hydrogens (tertiary/aromatic N) is 9. The zero-order valence-electron chi connectivity index (χ0n) is 25.6. The van der Waals surface area contributed by atoms with E-state index in [1.165, 1.54) is 4.90 Å².